The maximum atomic E-state index is 3.58. The third-order valence-electron chi connectivity index (χ3n) is 5.46. The van der Waals surface area contributed by atoms with Crippen molar-refractivity contribution in [2.75, 3.05) is 0 Å². The van der Waals surface area contributed by atoms with Gasteiger partial charge < -0.3 is 37.2 Å². The van der Waals surface area contributed by atoms with Gasteiger partial charge in [-0.15, -0.1) is 0 Å². The molecule has 0 nitrogen and oxygen atoms in total. The van der Waals surface area contributed by atoms with Gasteiger partial charge in [-0.2, -0.15) is 11.6 Å². The molecule has 0 saturated carbocycles. The molecule has 0 saturated heterocycles. The van der Waals surface area contributed by atoms with Gasteiger partial charge in [-0.05, 0) is 22.0 Å². The zero-order valence-electron chi connectivity index (χ0n) is 17.8. The van der Waals surface area contributed by atoms with Crippen molar-refractivity contribution >= 4 is 0 Å². The third-order valence-corrected chi connectivity index (χ3v) is 5.46. The molecule has 1 aliphatic carbocycles. The van der Waals surface area contributed by atoms with E-state index >= 15 is 0 Å². The molecule has 2 aromatic carbocycles. The first-order valence-electron chi connectivity index (χ1n) is 9.32. The van der Waals surface area contributed by atoms with Crippen molar-refractivity contribution in [2.45, 2.75) is 46.5 Å². The van der Waals surface area contributed by atoms with Gasteiger partial charge in [-0.25, -0.2) is 5.57 Å². The van der Waals surface area contributed by atoms with Crippen LogP contribution in [0, 0.1) is 17.4 Å². The maximum absolute atomic E-state index is 3.58. The molecule has 3 rings (SSSR count). The SMILES string of the molecule is CC(C)C1=C(C(c2ccccc2)(c2ccccc2)C(C)(C)C)CC=[C-]1.[Cl-].[Cl-].[Cl-].[Ti+4]. The number of allylic oxidation sites excluding steroid dienone is 4. The largest absolute Gasteiger partial charge is 4.00 e. The van der Waals surface area contributed by atoms with Crippen molar-refractivity contribution in [3.63, 3.8) is 0 Å². The van der Waals surface area contributed by atoms with Gasteiger partial charge in [-0.3, -0.25) is 6.08 Å². The molecule has 0 radical (unpaired) electrons. The van der Waals surface area contributed by atoms with E-state index in [0.717, 1.165) is 6.42 Å². The molecular formula is C25H29Cl3Ti. The molecule has 1 aliphatic rings. The molecule has 4 heteroatoms. The number of rotatable bonds is 4. The van der Waals surface area contributed by atoms with Gasteiger partial charge in [0, 0.05) is 0 Å². The fraction of sp³-hybridized carbons (Fsp3) is 0.360. The number of hydrogen-bond donors (Lipinski definition) is 0. The minimum atomic E-state index is -0.158. The van der Waals surface area contributed by atoms with E-state index in [9.17, 15) is 0 Å². The van der Waals surface area contributed by atoms with Crippen LogP contribution < -0.4 is 37.2 Å². The Labute approximate surface area is 210 Å². The summed E-state index contributed by atoms with van der Waals surface area (Å²) >= 11 is 0. The van der Waals surface area contributed by atoms with Crippen molar-refractivity contribution in [1.82, 2.24) is 0 Å². The van der Waals surface area contributed by atoms with Gasteiger partial charge >= 0.3 is 21.7 Å². The van der Waals surface area contributed by atoms with Crippen LogP contribution in [0.3, 0.4) is 0 Å². The fourth-order valence-corrected chi connectivity index (χ4v) is 4.54. The molecule has 0 amide bonds. The van der Waals surface area contributed by atoms with Gasteiger partial charge in [0.1, 0.15) is 0 Å². The third kappa shape index (κ3) is 5.60. The zero-order valence-corrected chi connectivity index (χ0v) is 21.6. The van der Waals surface area contributed by atoms with E-state index in [2.05, 4.69) is 107 Å². The summed E-state index contributed by atoms with van der Waals surface area (Å²) in [5.74, 6) is 0.475. The van der Waals surface area contributed by atoms with Gasteiger partial charge in [0.25, 0.3) is 0 Å². The van der Waals surface area contributed by atoms with Crippen LogP contribution in [0.15, 0.2) is 77.9 Å². The van der Waals surface area contributed by atoms with Crippen LogP contribution in [0.5, 0.6) is 0 Å². The number of halogens is 3. The first kappa shape index (κ1) is 30.7. The Hall–Kier alpha value is -0.496. The molecule has 29 heavy (non-hydrogen) atoms. The van der Waals surface area contributed by atoms with Crippen LogP contribution in [0.1, 0.15) is 52.2 Å². The minimum absolute atomic E-state index is 0. The van der Waals surface area contributed by atoms with Crippen LogP contribution in [0.25, 0.3) is 0 Å². The Morgan fingerprint density at radius 3 is 1.52 bits per heavy atom. The smallest absolute Gasteiger partial charge is 1.00 e. The van der Waals surface area contributed by atoms with Crippen molar-refractivity contribution in [3.8, 4) is 0 Å². The molecule has 0 unspecified atom stereocenters. The van der Waals surface area contributed by atoms with E-state index < -0.39 is 0 Å². The van der Waals surface area contributed by atoms with Crippen LogP contribution in [-0.2, 0) is 27.1 Å². The Kier molecular flexibility index (Phi) is 13.1. The van der Waals surface area contributed by atoms with Crippen molar-refractivity contribution in [1.29, 1.82) is 0 Å². The van der Waals surface area contributed by atoms with Crippen LogP contribution in [0.4, 0.5) is 0 Å². The monoisotopic (exact) mass is 482 g/mol. The second kappa shape index (κ2) is 12.4. The average molecular weight is 484 g/mol. The quantitative estimate of drug-likeness (QED) is 0.340. The summed E-state index contributed by atoms with van der Waals surface area (Å²) in [5, 5.41) is 0. The predicted octanol–water partition coefficient (Wildman–Crippen LogP) is -2.26. The average Bonchev–Trinajstić information content (AvgIpc) is 3.06. The van der Waals surface area contributed by atoms with E-state index in [0.29, 0.717) is 5.92 Å². The fourth-order valence-electron chi connectivity index (χ4n) is 4.54. The summed E-state index contributed by atoms with van der Waals surface area (Å²) in [5.41, 5.74) is 5.51. The van der Waals surface area contributed by atoms with E-state index in [1.54, 1.807) is 0 Å². The van der Waals surface area contributed by atoms with Crippen molar-refractivity contribution in [3.05, 3.63) is 95.1 Å². The van der Waals surface area contributed by atoms with Gasteiger partial charge in [0.05, 0.1) is 0 Å². The van der Waals surface area contributed by atoms with Gasteiger partial charge in [0.15, 0.2) is 0 Å². The molecule has 0 fully saturated rings. The molecule has 0 heterocycles. The maximum Gasteiger partial charge on any atom is 4.00 e. The Balaban J connectivity index is 0. The van der Waals surface area contributed by atoms with Crippen LogP contribution in [0.2, 0.25) is 0 Å². The van der Waals surface area contributed by atoms with Crippen molar-refractivity contribution in [2.24, 2.45) is 11.3 Å². The molecule has 0 bridgehead atoms. The molecule has 0 aromatic heterocycles. The molecule has 0 spiro atoms. The second-order valence-corrected chi connectivity index (χ2v) is 8.33. The molecule has 0 aliphatic heterocycles. The summed E-state index contributed by atoms with van der Waals surface area (Å²) in [6, 6.07) is 22.1. The minimum Gasteiger partial charge on any atom is -1.00 e. The topological polar surface area (TPSA) is 0 Å². The number of benzene rings is 2. The number of hydrogen-bond acceptors (Lipinski definition) is 0. The first-order chi connectivity index (χ1) is 11.9. The second-order valence-electron chi connectivity index (χ2n) is 8.33. The Morgan fingerprint density at radius 1 is 0.759 bits per heavy atom. The zero-order chi connectivity index (χ0) is 18.1. The summed E-state index contributed by atoms with van der Waals surface area (Å²) in [6.07, 6.45) is 6.78. The van der Waals surface area contributed by atoms with Crippen molar-refractivity contribution < 1.29 is 58.9 Å². The van der Waals surface area contributed by atoms with E-state index in [4.69, 9.17) is 0 Å². The molecule has 2 aromatic rings. The Bertz CT molecular complexity index is 748. The summed E-state index contributed by atoms with van der Waals surface area (Å²) in [4.78, 5) is 0. The summed E-state index contributed by atoms with van der Waals surface area (Å²) in [7, 11) is 0. The standard InChI is InChI=1S/C25H29.3ClH.Ti/c1-19(2)22-17-12-18-23(22)25(24(3,4)5,20-13-8-6-9-14-20)21-15-10-7-11-16-21;;;;/h6-16,19H,18H2,1-5H3;3*1H;/q-1;;;;+4/p-3. The molecular weight excluding hydrogens is 455 g/mol. The molecule has 0 atom stereocenters. The molecule has 154 valence electrons. The van der Waals surface area contributed by atoms with Gasteiger partial charge in [-0.1, -0.05) is 108 Å². The first-order valence-corrected chi connectivity index (χ1v) is 9.32. The molecule has 0 N–H and O–H groups in total. The van der Waals surface area contributed by atoms with Crippen LogP contribution >= 0.6 is 0 Å². The van der Waals surface area contributed by atoms with E-state index in [-0.39, 0.29) is 69.8 Å². The Morgan fingerprint density at radius 2 is 1.17 bits per heavy atom. The van der Waals surface area contributed by atoms with Crippen LogP contribution in [-0.4, -0.2) is 0 Å². The van der Waals surface area contributed by atoms with Gasteiger partial charge in [0.2, 0.25) is 0 Å². The normalized spacial score (nSPS) is 13.2. The summed E-state index contributed by atoms with van der Waals surface area (Å²) < 4.78 is 0. The van der Waals surface area contributed by atoms with E-state index in [1.165, 1.54) is 22.3 Å². The van der Waals surface area contributed by atoms with E-state index in [1.807, 2.05) is 0 Å². The predicted molar refractivity (Wildman–Crippen MR) is 107 cm³/mol. The summed E-state index contributed by atoms with van der Waals surface area (Å²) in [6.45, 7) is 11.7.